The fraction of sp³-hybridized carbons (Fsp3) is 0.222. The molecule has 0 unspecified atom stereocenters. The number of rotatable bonds is 4. The number of amides is 1. The smallest absolute Gasteiger partial charge is 0.272 e. The lowest BCUT2D eigenvalue weighted by Crippen LogP contribution is -2.15. The molecule has 3 aromatic rings. The van der Waals surface area contributed by atoms with E-state index in [1.165, 1.54) is 17.4 Å². The van der Waals surface area contributed by atoms with E-state index in [9.17, 15) is 4.79 Å². The molecule has 0 bridgehead atoms. The topological polar surface area (TPSA) is 43.6 Å². The third-order valence-corrected chi connectivity index (χ3v) is 5.71. The molecule has 4 nitrogen and oxygen atoms in total. The number of thiazole rings is 1. The van der Waals surface area contributed by atoms with Gasteiger partial charge in [-0.15, -0.1) is 11.3 Å². The molecule has 0 radical (unpaired) electrons. The maximum Gasteiger partial charge on any atom is 0.272 e. The summed E-state index contributed by atoms with van der Waals surface area (Å²) in [5, 5.41) is 1.98. The molecule has 0 saturated heterocycles. The Kier molecular flexibility index (Phi) is 4.97. The van der Waals surface area contributed by atoms with Crippen molar-refractivity contribution in [2.24, 2.45) is 4.99 Å². The lowest BCUT2D eigenvalue weighted by atomic mass is 10.2. The van der Waals surface area contributed by atoms with Crippen LogP contribution in [0.15, 0.2) is 40.7 Å². The number of nitrogens with zero attached hydrogens (tertiary/aromatic N) is 2. The van der Waals surface area contributed by atoms with Crippen LogP contribution in [-0.4, -0.2) is 17.6 Å². The maximum atomic E-state index is 12.2. The number of methoxy groups -OCH3 is 1. The number of aromatic nitrogens is 1. The Morgan fingerprint density at radius 1 is 1.38 bits per heavy atom. The Hall–Kier alpha value is -2.18. The number of aryl methyl sites for hydroxylation is 2. The largest absolute Gasteiger partial charge is 0.495 e. The van der Waals surface area contributed by atoms with Gasteiger partial charge in [0.1, 0.15) is 11.3 Å². The van der Waals surface area contributed by atoms with E-state index in [0.717, 1.165) is 33.0 Å². The minimum atomic E-state index is -0.256. The molecule has 6 heteroatoms. The second-order valence-corrected chi connectivity index (χ2v) is 7.15. The van der Waals surface area contributed by atoms with Crippen LogP contribution in [0.3, 0.4) is 0 Å². The van der Waals surface area contributed by atoms with Gasteiger partial charge < -0.3 is 9.30 Å². The van der Waals surface area contributed by atoms with Crippen molar-refractivity contribution < 1.29 is 9.53 Å². The van der Waals surface area contributed by atoms with Crippen LogP contribution < -0.4 is 9.54 Å². The molecule has 1 amide bonds. The Bertz CT molecular complexity index is 963. The van der Waals surface area contributed by atoms with E-state index >= 15 is 0 Å². The van der Waals surface area contributed by atoms with Gasteiger partial charge in [0.2, 0.25) is 0 Å². The van der Waals surface area contributed by atoms with Gasteiger partial charge in [-0.05, 0) is 43.0 Å². The third-order valence-electron chi connectivity index (χ3n) is 3.66. The highest BCUT2D eigenvalue weighted by Gasteiger charge is 2.12. The van der Waals surface area contributed by atoms with Gasteiger partial charge in [0.15, 0.2) is 4.80 Å². The van der Waals surface area contributed by atoms with Crippen molar-refractivity contribution in [3.63, 3.8) is 0 Å². The van der Waals surface area contributed by atoms with Gasteiger partial charge >= 0.3 is 0 Å². The van der Waals surface area contributed by atoms with Crippen LogP contribution in [0.2, 0.25) is 0 Å². The molecule has 0 fully saturated rings. The van der Waals surface area contributed by atoms with Crippen molar-refractivity contribution in [1.29, 1.82) is 0 Å². The molecule has 1 aromatic carbocycles. The van der Waals surface area contributed by atoms with Crippen molar-refractivity contribution >= 4 is 44.9 Å². The van der Waals surface area contributed by atoms with Crippen molar-refractivity contribution in [3.05, 3.63) is 51.0 Å². The number of benzene rings is 1. The number of hydrogen-bond donors (Lipinski definition) is 0. The molecule has 2 aromatic heterocycles. The number of ether oxygens (including phenoxy) is 1. The summed E-state index contributed by atoms with van der Waals surface area (Å²) in [7, 11) is 1.66. The molecular weight excluding hydrogens is 340 g/mol. The molecule has 0 spiro atoms. The van der Waals surface area contributed by atoms with Gasteiger partial charge in [-0.2, -0.15) is 4.99 Å². The summed E-state index contributed by atoms with van der Waals surface area (Å²) in [5.41, 5.74) is 2.15. The highest BCUT2D eigenvalue weighted by atomic mass is 32.1. The summed E-state index contributed by atoms with van der Waals surface area (Å²) in [6, 6.07) is 7.91. The zero-order valence-electron chi connectivity index (χ0n) is 13.8. The van der Waals surface area contributed by atoms with Gasteiger partial charge in [0.05, 0.1) is 11.8 Å². The van der Waals surface area contributed by atoms with Crippen LogP contribution >= 0.6 is 22.7 Å². The van der Waals surface area contributed by atoms with Crippen LogP contribution in [0.1, 0.15) is 17.4 Å². The summed E-state index contributed by atoms with van der Waals surface area (Å²) < 4.78 is 8.62. The van der Waals surface area contributed by atoms with E-state index in [-0.39, 0.29) is 5.91 Å². The Labute approximate surface area is 148 Å². The SMILES string of the molecule is CCn1c(=NC(=O)/C=C/c2cccs2)sc2c(C)ccc(OC)c21. The van der Waals surface area contributed by atoms with Crippen LogP contribution in [0.4, 0.5) is 0 Å². The van der Waals surface area contributed by atoms with E-state index in [0.29, 0.717) is 4.80 Å². The average molecular weight is 358 g/mol. The highest BCUT2D eigenvalue weighted by Crippen LogP contribution is 2.30. The molecule has 0 aliphatic heterocycles. The predicted octanol–water partition coefficient (Wildman–Crippen LogP) is 4.24. The summed E-state index contributed by atoms with van der Waals surface area (Å²) >= 11 is 3.11. The fourth-order valence-corrected chi connectivity index (χ4v) is 4.30. The Morgan fingerprint density at radius 2 is 2.21 bits per heavy atom. The summed E-state index contributed by atoms with van der Waals surface area (Å²) in [5.74, 6) is 0.547. The number of fused-ring (bicyclic) bond motifs is 1. The second-order valence-electron chi connectivity index (χ2n) is 5.19. The van der Waals surface area contributed by atoms with Crippen molar-refractivity contribution in [2.75, 3.05) is 7.11 Å². The first kappa shape index (κ1) is 16.7. The quantitative estimate of drug-likeness (QED) is 0.655. The third kappa shape index (κ3) is 3.20. The maximum absolute atomic E-state index is 12.2. The van der Waals surface area contributed by atoms with E-state index in [2.05, 4.69) is 11.9 Å². The molecule has 0 saturated carbocycles. The standard InChI is InChI=1S/C18H18N2O2S2/c1-4-20-16-14(22-3)9-7-12(2)17(16)24-18(20)19-15(21)10-8-13-6-5-11-23-13/h5-11H,4H2,1-3H3/b10-8+,19-18?. The van der Waals surface area contributed by atoms with E-state index in [1.807, 2.05) is 41.1 Å². The van der Waals surface area contributed by atoms with Crippen molar-refractivity contribution in [3.8, 4) is 5.75 Å². The van der Waals surface area contributed by atoms with Crippen molar-refractivity contribution in [1.82, 2.24) is 4.57 Å². The first-order valence-electron chi connectivity index (χ1n) is 7.61. The minimum absolute atomic E-state index is 0.256. The van der Waals surface area contributed by atoms with Crippen LogP contribution in [0.25, 0.3) is 16.3 Å². The lowest BCUT2D eigenvalue weighted by Gasteiger charge is -2.07. The first-order valence-corrected chi connectivity index (χ1v) is 9.31. The van der Waals surface area contributed by atoms with E-state index < -0.39 is 0 Å². The van der Waals surface area contributed by atoms with Crippen LogP contribution in [-0.2, 0) is 11.3 Å². The fourth-order valence-electron chi connectivity index (χ4n) is 2.49. The predicted molar refractivity (Wildman–Crippen MR) is 101 cm³/mol. The molecular formula is C18H18N2O2S2. The lowest BCUT2D eigenvalue weighted by molar-refractivity contribution is -0.113. The highest BCUT2D eigenvalue weighted by molar-refractivity contribution is 7.16. The first-order chi connectivity index (χ1) is 11.6. The Balaban J connectivity index is 2.08. The molecule has 0 aliphatic carbocycles. The van der Waals surface area contributed by atoms with Crippen LogP contribution in [0, 0.1) is 6.92 Å². The van der Waals surface area contributed by atoms with Gasteiger partial charge in [-0.25, -0.2) is 0 Å². The number of carbonyl (C=O) groups is 1. The monoisotopic (exact) mass is 358 g/mol. The average Bonchev–Trinajstić information content (AvgIpc) is 3.21. The van der Waals surface area contributed by atoms with Gasteiger partial charge in [0, 0.05) is 17.5 Å². The molecule has 0 aliphatic rings. The molecule has 2 heterocycles. The number of carbonyl (C=O) groups excluding carboxylic acids is 1. The second kappa shape index (κ2) is 7.15. The zero-order chi connectivity index (χ0) is 17.1. The van der Waals surface area contributed by atoms with Gasteiger partial charge in [-0.3, -0.25) is 4.79 Å². The van der Waals surface area contributed by atoms with E-state index in [4.69, 9.17) is 4.74 Å². The summed E-state index contributed by atoms with van der Waals surface area (Å²) in [6.07, 6.45) is 3.31. The molecule has 0 atom stereocenters. The molecule has 24 heavy (non-hydrogen) atoms. The summed E-state index contributed by atoms with van der Waals surface area (Å²) in [6.45, 7) is 4.82. The Morgan fingerprint density at radius 3 is 2.88 bits per heavy atom. The normalized spacial score (nSPS) is 12.4. The minimum Gasteiger partial charge on any atom is -0.495 e. The van der Waals surface area contributed by atoms with Gasteiger partial charge in [-0.1, -0.05) is 23.5 Å². The molecule has 3 rings (SSSR count). The zero-order valence-corrected chi connectivity index (χ0v) is 15.4. The number of thiophene rings is 1. The van der Waals surface area contributed by atoms with Gasteiger partial charge in [0.25, 0.3) is 5.91 Å². The molecule has 0 N–H and O–H groups in total. The van der Waals surface area contributed by atoms with E-state index in [1.54, 1.807) is 24.5 Å². The van der Waals surface area contributed by atoms with Crippen LogP contribution in [0.5, 0.6) is 5.75 Å². The van der Waals surface area contributed by atoms with Crippen molar-refractivity contribution in [2.45, 2.75) is 20.4 Å². The summed E-state index contributed by atoms with van der Waals surface area (Å²) in [4.78, 5) is 18.2. The molecule has 124 valence electrons. The number of hydrogen-bond acceptors (Lipinski definition) is 4.